The van der Waals surface area contributed by atoms with Crippen molar-refractivity contribution in [3.8, 4) is 0 Å². The predicted molar refractivity (Wildman–Crippen MR) is 85.0 cm³/mol. The molecular formula is C17H18N2O3. The van der Waals surface area contributed by atoms with E-state index in [4.69, 9.17) is 5.73 Å². The zero-order valence-electron chi connectivity index (χ0n) is 12.0. The van der Waals surface area contributed by atoms with E-state index in [0.717, 1.165) is 5.56 Å². The Labute approximate surface area is 128 Å². The fourth-order valence-corrected chi connectivity index (χ4v) is 2.20. The van der Waals surface area contributed by atoms with Crippen LogP contribution in [-0.4, -0.2) is 29.4 Å². The van der Waals surface area contributed by atoms with Crippen LogP contribution in [0.1, 0.15) is 15.9 Å². The number of nitrogens with one attached hydrogen (secondary N) is 1. The Hall–Kier alpha value is -2.66. The van der Waals surface area contributed by atoms with Crippen LogP contribution in [0.4, 0.5) is 5.69 Å². The minimum absolute atomic E-state index is 0.116. The molecule has 0 bridgehead atoms. The maximum Gasteiger partial charge on any atom is 0.326 e. The molecule has 22 heavy (non-hydrogen) atoms. The summed E-state index contributed by atoms with van der Waals surface area (Å²) in [5.41, 5.74) is 7.19. The van der Waals surface area contributed by atoms with Gasteiger partial charge in [0.15, 0.2) is 5.78 Å². The molecule has 0 amide bonds. The van der Waals surface area contributed by atoms with E-state index in [-0.39, 0.29) is 12.3 Å². The Morgan fingerprint density at radius 3 is 2.32 bits per heavy atom. The first kappa shape index (κ1) is 15.7. The number of hydrogen-bond donors (Lipinski definition) is 3. The van der Waals surface area contributed by atoms with Gasteiger partial charge in [0.05, 0.1) is 6.54 Å². The summed E-state index contributed by atoms with van der Waals surface area (Å²) in [5, 5.41) is 12.3. The van der Waals surface area contributed by atoms with Crippen LogP contribution in [0.5, 0.6) is 0 Å². The van der Waals surface area contributed by atoms with Gasteiger partial charge >= 0.3 is 5.97 Å². The van der Waals surface area contributed by atoms with Gasteiger partial charge in [-0.2, -0.15) is 0 Å². The van der Waals surface area contributed by atoms with Crippen molar-refractivity contribution < 1.29 is 14.7 Å². The molecule has 114 valence electrons. The number of rotatable bonds is 7. The maximum absolute atomic E-state index is 11.8. The van der Waals surface area contributed by atoms with Gasteiger partial charge in [-0.05, 0) is 17.7 Å². The quantitative estimate of drug-likeness (QED) is 0.679. The molecule has 2 aromatic rings. The minimum Gasteiger partial charge on any atom is -0.480 e. The first-order chi connectivity index (χ1) is 10.6. The molecule has 5 nitrogen and oxygen atoms in total. The van der Waals surface area contributed by atoms with Crippen LogP contribution in [0, 0.1) is 0 Å². The van der Waals surface area contributed by atoms with E-state index in [1.54, 1.807) is 24.3 Å². The van der Waals surface area contributed by atoms with Gasteiger partial charge in [0, 0.05) is 17.7 Å². The van der Waals surface area contributed by atoms with Crippen LogP contribution in [0.25, 0.3) is 0 Å². The third-order valence-electron chi connectivity index (χ3n) is 3.32. The summed E-state index contributed by atoms with van der Waals surface area (Å²) in [6.07, 6.45) is 0.321. The van der Waals surface area contributed by atoms with E-state index < -0.39 is 12.0 Å². The number of carbonyl (C=O) groups is 2. The highest BCUT2D eigenvalue weighted by molar-refractivity contribution is 6.02. The maximum atomic E-state index is 11.8. The molecule has 2 rings (SSSR count). The van der Waals surface area contributed by atoms with Crippen molar-refractivity contribution in [1.82, 2.24) is 0 Å². The number of benzene rings is 2. The molecule has 0 heterocycles. The number of hydrogen-bond acceptors (Lipinski definition) is 4. The largest absolute Gasteiger partial charge is 0.480 e. The third-order valence-corrected chi connectivity index (χ3v) is 3.32. The van der Waals surface area contributed by atoms with Crippen molar-refractivity contribution in [1.29, 1.82) is 0 Å². The lowest BCUT2D eigenvalue weighted by Crippen LogP contribution is -2.32. The molecule has 0 radical (unpaired) electrons. The molecule has 0 saturated carbocycles. The van der Waals surface area contributed by atoms with Gasteiger partial charge in [-0.1, -0.05) is 42.5 Å². The lowest BCUT2D eigenvalue weighted by atomic mass is 10.0. The van der Waals surface area contributed by atoms with E-state index in [1.165, 1.54) is 0 Å². The lowest BCUT2D eigenvalue weighted by molar-refractivity contribution is -0.137. The second-order valence-electron chi connectivity index (χ2n) is 4.90. The SMILES string of the molecule is NCC(=O)c1ccccc1NC(Cc1ccccc1)C(=O)O. The van der Waals surface area contributed by atoms with Gasteiger partial charge in [0.1, 0.15) is 6.04 Å². The van der Waals surface area contributed by atoms with Crippen LogP contribution in [0.2, 0.25) is 0 Å². The highest BCUT2D eigenvalue weighted by Crippen LogP contribution is 2.18. The fourth-order valence-electron chi connectivity index (χ4n) is 2.20. The molecular weight excluding hydrogens is 280 g/mol. The standard InChI is InChI=1S/C17H18N2O3/c18-11-16(20)13-8-4-5-9-14(13)19-15(17(21)22)10-12-6-2-1-3-7-12/h1-9,15,19H,10-11,18H2,(H,21,22). The van der Waals surface area contributed by atoms with Crippen molar-refractivity contribution in [2.45, 2.75) is 12.5 Å². The van der Waals surface area contributed by atoms with E-state index in [9.17, 15) is 14.7 Å². The molecule has 1 atom stereocenters. The Balaban J connectivity index is 2.22. The first-order valence-electron chi connectivity index (χ1n) is 6.97. The smallest absolute Gasteiger partial charge is 0.326 e. The first-order valence-corrected chi connectivity index (χ1v) is 6.97. The molecule has 0 aromatic heterocycles. The molecule has 0 aliphatic rings. The number of ketones is 1. The van der Waals surface area contributed by atoms with Crippen LogP contribution >= 0.6 is 0 Å². The van der Waals surface area contributed by atoms with Gasteiger partial charge < -0.3 is 16.2 Å². The molecule has 0 aliphatic heterocycles. The number of carboxylic acid groups (broad SMARTS) is 1. The Morgan fingerprint density at radius 2 is 1.68 bits per heavy atom. The summed E-state index contributed by atoms with van der Waals surface area (Å²) in [4.78, 5) is 23.3. The van der Waals surface area contributed by atoms with Gasteiger partial charge in [-0.3, -0.25) is 4.79 Å². The van der Waals surface area contributed by atoms with E-state index >= 15 is 0 Å². The number of anilines is 1. The zero-order chi connectivity index (χ0) is 15.9. The predicted octanol–water partition coefficient (Wildman–Crippen LogP) is 1.94. The van der Waals surface area contributed by atoms with Crippen molar-refractivity contribution in [2.24, 2.45) is 5.73 Å². The summed E-state index contributed by atoms with van der Waals surface area (Å²) in [6.45, 7) is -0.116. The summed E-state index contributed by atoms with van der Waals surface area (Å²) in [5.74, 6) is -1.20. The lowest BCUT2D eigenvalue weighted by Gasteiger charge is -2.18. The molecule has 4 N–H and O–H groups in total. The third kappa shape index (κ3) is 3.93. The summed E-state index contributed by atoms with van der Waals surface area (Å²) >= 11 is 0. The number of carbonyl (C=O) groups excluding carboxylic acids is 1. The van der Waals surface area contributed by atoms with Crippen molar-refractivity contribution in [3.63, 3.8) is 0 Å². The van der Waals surface area contributed by atoms with E-state index in [0.29, 0.717) is 17.7 Å². The zero-order valence-corrected chi connectivity index (χ0v) is 12.0. The summed E-state index contributed by atoms with van der Waals surface area (Å²) in [7, 11) is 0. The summed E-state index contributed by atoms with van der Waals surface area (Å²) < 4.78 is 0. The van der Waals surface area contributed by atoms with Gasteiger partial charge in [0.2, 0.25) is 0 Å². The normalized spacial score (nSPS) is 11.7. The second kappa shape index (κ2) is 7.38. The van der Waals surface area contributed by atoms with Gasteiger partial charge in [-0.25, -0.2) is 4.79 Å². The Bertz CT molecular complexity index is 656. The number of nitrogens with two attached hydrogens (primary N) is 1. The highest BCUT2D eigenvalue weighted by Gasteiger charge is 2.20. The Kier molecular flexibility index (Phi) is 5.27. The van der Waals surface area contributed by atoms with Crippen molar-refractivity contribution in [3.05, 3.63) is 65.7 Å². The molecule has 0 aliphatic carbocycles. The summed E-state index contributed by atoms with van der Waals surface area (Å²) in [6, 6.07) is 15.3. The van der Waals surface area contributed by atoms with Gasteiger partial charge in [0.25, 0.3) is 0 Å². The van der Waals surface area contributed by atoms with Crippen LogP contribution in [-0.2, 0) is 11.2 Å². The number of Topliss-reactive ketones (excluding diaryl/α,β-unsaturated/α-hetero) is 1. The Morgan fingerprint density at radius 1 is 1.05 bits per heavy atom. The minimum atomic E-state index is -0.973. The van der Waals surface area contributed by atoms with E-state index in [1.807, 2.05) is 30.3 Å². The molecule has 0 fully saturated rings. The van der Waals surface area contributed by atoms with Crippen LogP contribution in [0.15, 0.2) is 54.6 Å². The topological polar surface area (TPSA) is 92.4 Å². The molecule has 1 unspecified atom stereocenters. The number of para-hydroxylation sites is 1. The van der Waals surface area contributed by atoms with Gasteiger partial charge in [-0.15, -0.1) is 0 Å². The molecule has 0 spiro atoms. The molecule has 5 heteroatoms. The average Bonchev–Trinajstić information content (AvgIpc) is 2.55. The average molecular weight is 298 g/mol. The van der Waals surface area contributed by atoms with Crippen molar-refractivity contribution in [2.75, 3.05) is 11.9 Å². The monoisotopic (exact) mass is 298 g/mol. The van der Waals surface area contributed by atoms with Crippen LogP contribution in [0.3, 0.4) is 0 Å². The molecule has 2 aromatic carbocycles. The number of carboxylic acids is 1. The second-order valence-corrected chi connectivity index (χ2v) is 4.90. The molecule has 0 saturated heterocycles. The van der Waals surface area contributed by atoms with E-state index in [2.05, 4.69) is 5.32 Å². The fraction of sp³-hybridized carbons (Fsp3) is 0.176. The van der Waals surface area contributed by atoms with Crippen LogP contribution < -0.4 is 11.1 Å². The highest BCUT2D eigenvalue weighted by atomic mass is 16.4. The van der Waals surface area contributed by atoms with Crippen molar-refractivity contribution >= 4 is 17.4 Å². The number of aliphatic carboxylic acids is 1.